The Labute approximate surface area is 223 Å². The fourth-order valence-corrected chi connectivity index (χ4v) is 5.09. The molecule has 3 aromatic rings. The molecule has 1 aliphatic rings. The first-order valence-corrected chi connectivity index (χ1v) is 13.2. The number of aliphatic hydroxyl groups excluding tert-OH is 1. The molecule has 1 aliphatic heterocycles. The Morgan fingerprint density at radius 1 is 1.27 bits per heavy atom. The van der Waals surface area contributed by atoms with Crippen molar-refractivity contribution in [3.63, 3.8) is 0 Å². The number of nitrogens with zero attached hydrogens (tertiary/aromatic N) is 4. The summed E-state index contributed by atoms with van der Waals surface area (Å²) in [5, 5.41) is 21.2. The molecule has 0 amide bonds. The third kappa shape index (κ3) is 6.23. The summed E-state index contributed by atoms with van der Waals surface area (Å²) in [5.41, 5.74) is 3.96. The molecule has 0 unspecified atom stereocenters. The highest BCUT2D eigenvalue weighted by molar-refractivity contribution is 6.33. The van der Waals surface area contributed by atoms with E-state index in [-0.39, 0.29) is 6.61 Å². The van der Waals surface area contributed by atoms with Crippen LogP contribution < -0.4 is 15.4 Å². The number of hydrogen-bond acceptors (Lipinski definition) is 9. The van der Waals surface area contributed by atoms with Crippen molar-refractivity contribution in [2.24, 2.45) is 0 Å². The maximum atomic E-state index is 10.0. The number of aliphatic hydroxyl groups is 1. The molecule has 0 bridgehead atoms. The van der Waals surface area contributed by atoms with Crippen molar-refractivity contribution in [3.05, 3.63) is 40.2 Å². The topological polar surface area (TPSA) is 109 Å². The van der Waals surface area contributed by atoms with Crippen LogP contribution in [0.3, 0.4) is 0 Å². The number of hydrogen-bond donors (Lipinski definition) is 3. The van der Waals surface area contributed by atoms with Gasteiger partial charge >= 0.3 is 0 Å². The zero-order chi connectivity index (χ0) is 26.5. The summed E-state index contributed by atoms with van der Waals surface area (Å²) in [7, 11) is 1.78. The third-order valence-electron chi connectivity index (χ3n) is 6.89. The maximum absolute atomic E-state index is 10.0. The fourth-order valence-electron chi connectivity index (χ4n) is 4.88. The lowest BCUT2D eigenvalue weighted by atomic mass is 10.0. The molecular formula is C27H37ClN6O3. The number of aromatic nitrogens is 3. The zero-order valence-electron chi connectivity index (χ0n) is 22.3. The van der Waals surface area contributed by atoms with Crippen molar-refractivity contribution in [1.82, 2.24) is 25.3 Å². The summed E-state index contributed by atoms with van der Waals surface area (Å²) in [5.74, 6) is 2.52. The summed E-state index contributed by atoms with van der Waals surface area (Å²) in [4.78, 5) is 12.4. The molecule has 3 heterocycles. The van der Waals surface area contributed by atoms with E-state index in [1.54, 1.807) is 19.2 Å². The largest absolute Gasteiger partial charge is 0.491 e. The standard InChI is InChI=1S/C27H37ClN6O3/c1-6-34-11-7-8-19(34)13-30-26-16(2)25(24-17(3)33-37-18(24)4)31-27(32-26)22-12-21(9-10-23(22)28)36-15-20(35)14-29-5/h9-10,12,19-20,29,35H,6-8,11,13-15H2,1-5H3,(H,30,31,32)/t19-,20+/m1/s1. The van der Waals surface area contributed by atoms with Gasteiger partial charge in [0.1, 0.15) is 30.0 Å². The molecular weight excluding hydrogens is 492 g/mol. The quantitative estimate of drug-likeness (QED) is 0.337. The predicted octanol–water partition coefficient (Wildman–Crippen LogP) is 4.23. The van der Waals surface area contributed by atoms with E-state index in [1.807, 2.05) is 26.8 Å². The van der Waals surface area contributed by atoms with Gasteiger partial charge in [-0.15, -0.1) is 0 Å². The summed E-state index contributed by atoms with van der Waals surface area (Å²) < 4.78 is 11.3. The number of rotatable bonds is 11. The summed E-state index contributed by atoms with van der Waals surface area (Å²) >= 11 is 6.64. The smallest absolute Gasteiger partial charge is 0.163 e. The lowest BCUT2D eigenvalue weighted by molar-refractivity contribution is 0.108. The molecule has 2 atom stereocenters. The SMILES string of the molecule is CCN1CCC[C@@H]1CNc1nc(-c2cc(OC[C@@H](O)CNC)ccc2Cl)nc(-c2c(C)noc2C)c1C. The highest BCUT2D eigenvalue weighted by Gasteiger charge is 2.25. The van der Waals surface area contributed by atoms with E-state index in [0.29, 0.717) is 40.5 Å². The lowest BCUT2D eigenvalue weighted by Crippen LogP contribution is -2.35. The summed E-state index contributed by atoms with van der Waals surface area (Å²) in [6.45, 7) is 11.6. The average molecular weight is 529 g/mol. The van der Waals surface area contributed by atoms with E-state index in [0.717, 1.165) is 48.0 Å². The Kier molecular flexibility index (Phi) is 9.02. The van der Waals surface area contributed by atoms with Gasteiger partial charge in [-0.1, -0.05) is 23.7 Å². The number of likely N-dealkylation sites (tertiary alicyclic amines) is 1. The Balaban J connectivity index is 1.72. The first kappa shape index (κ1) is 27.3. The molecule has 37 heavy (non-hydrogen) atoms. The average Bonchev–Trinajstić information content (AvgIpc) is 3.48. The van der Waals surface area contributed by atoms with Gasteiger partial charge in [0.15, 0.2) is 5.82 Å². The Bertz CT molecular complexity index is 1200. The molecule has 2 aromatic heterocycles. The van der Waals surface area contributed by atoms with Gasteiger partial charge in [0.05, 0.1) is 22.0 Å². The molecule has 1 aromatic carbocycles. The van der Waals surface area contributed by atoms with Gasteiger partial charge in [0.25, 0.3) is 0 Å². The second-order valence-electron chi connectivity index (χ2n) is 9.54. The number of halogens is 1. The molecule has 3 N–H and O–H groups in total. The Morgan fingerprint density at radius 2 is 2.08 bits per heavy atom. The van der Waals surface area contributed by atoms with Crippen LogP contribution in [-0.2, 0) is 0 Å². The van der Waals surface area contributed by atoms with Crippen LogP contribution >= 0.6 is 11.6 Å². The van der Waals surface area contributed by atoms with E-state index in [9.17, 15) is 5.11 Å². The van der Waals surface area contributed by atoms with Gasteiger partial charge in [-0.3, -0.25) is 4.90 Å². The van der Waals surface area contributed by atoms with E-state index in [2.05, 4.69) is 27.6 Å². The Morgan fingerprint density at radius 3 is 2.78 bits per heavy atom. The number of likely N-dealkylation sites (N-methyl/N-ethyl adjacent to an activating group) is 2. The summed E-state index contributed by atoms with van der Waals surface area (Å²) in [6.07, 6.45) is 1.75. The zero-order valence-corrected chi connectivity index (χ0v) is 23.0. The molecule has 10 heteroatoms. The second kappa shape index (κ2) is 12.2. The van der Waals surface area contributed by atoms with Crippen LogP contribution in [0.4, 0.5) is 5.82 Å². The first-order valence-electron chi connectivity index (χ1n) is 12.9. The molecule has 1 saturated heterocycles. The van der Waals surface area contributed by atoms with Gasteiger partial charge in [-0.25, -0.2) is 9.97 Å². The van der Waals surface area contributed by atoms with Crippen molar-refractivity contribution in [3.8, 4) is 28.4 Å². The van der Waals surface area contributed by atoms with Crippen LogP contribution in [0.25, 0.3) is 22.6 Å². The van der Waals surface area contributed by atoms with Crippen LogP contribution in [0.1, 0.15) is 36.8 Å². The van der Waals surface area contributed by atoms with Crippen LogP contribution in [0.5, 0.6) is 5.75 Å². The van der Waals surface area contributed by atoms with Crippen molar-refractivity contribution in [1.29, 1.82) is 0 Å². The van der Waals surface area contributed by atoms with Crippen LogP contribution in [0.15, 0.2) is 22.7 Å². The summed E-state index contributed by atoms with van der Waals surface area (Å²) in [6, 6.07) is 5.82. The van der Waals surface area contributed by atoms with Gasteiger partial charge in [-0.05, 0) is 71.9 Å². The van der Waals surface area contributed by atoms with Crippen LogP contribution in [0.2, 0.25) is 5.02 Å². The van der Waals surface area contributed by atoms with Crippen LogP contribution in [0, 0.1) is 20.8 Å². The minimum atomic E-state index is -0.625. The van der Waals surface area contributed by atoms with Gasteiger partial charge < -0.3 is 25.0 Å². The number of benzene rings is 1. The monoisotopic (exact) mass is 528 g/mol. The molecule has 9 nitrogen and oxygen atoms in total. The lowest BCUT2D eigenvalue weighted by Gasteiger charge is -2.24. The number of anilines is 1. The highest BCUT2D eigenvalue weighted by Crippen LogP contribution is 2.36. The fraction of sp³-hybridized carbons (Fsp3) is 0.519. The molecule has 200 valence electrons. The number of aryl methyl sites for hydroxylation is 2. The maximum Gasteiger partial charge on any atom is 0.163 e. The highest BCUT2D eigenvalue weighted by atomic mass is 35.5. The number of nitrogens with one attached hydrogen (secondary N) is 2. The minimum Gasteiger partial charge on any atom is -0.491 e. The number of ether oxygens (including phenoxy) is 1. The van der Waals surface area contributed by atoms with Gasteiger partial charge in [0, 0.05) is 30.3 Å². The van der Waals surface area contributed by atoms with E-state index in [1.165, 1.54) is 12.8 Å². The van der Waals surface area contributed by atoms with Crippen molar-refractivity contribution >= 4 is 17.4 Å². The molecule has 0 aliphatic carbocycles. The molecule has 0 radical (unpaired) electrons. The first-order chi connectivity index (χ1) is 17.8. The van der Waals surface area contributed by atoms with E-state index < -0.39 is 6.10 Å². The van der Waals surface area contributed by atoms with Crippen molar-refractivity contribution in [2.75, 3.05) is 45.2 Å². The minimum absolute atomic E-state index is 0.156. The van der Waals surface area contributed by atoms with E-state index >= 15 is 0 Å². The Hall–Kier alpha value is -2.72. The van der Waals surface area contributed by atoms with Crippen LogP contribution in [-0.4, -0.2) is 77.1 Å². The molecule has 1 fully saturated rings. The normalized spacial score (nSPS) is 16.8. The van der Waals surface area contributed by atoms with Crippen molar-refractivity contribution in [2.45, 2.75) is 52.7 Å². The van der Waals surface area contributed by atoms with Crippen molar-refractivity contribution < 1.29 is 14.4 Å². The second-order valence-corrected chi connectivity index (χ2v) is 9.95. The van der Waals surface area contributed by atoms with Gasteiger partial charge in [0.2, 0.25) is 0 Å². The molecule has 0 spiro atoms. The molecule has 4 rings (SSSR count). The van der Waals surface area contributed by atoms with Gasteiger partial charge in [-0.2, -0.15) is 0 Å². The molecule has 0 saturated carbocycles. The predicted molar refractivity (Wildman–Crippen MR) is 146 cm³/mol. The third-order valence-corrected chi connectivity index (χ3v) is 7.22. The van der Waals surface area contributed by atoms with E-state index in [4.69, 9.17) is 30.8 Å².